The maximum absolute atomic E-state index is 12.5. The summed E-state index contributed by atoms with van der Waals surface area (Å²) in [6, 6.07) is 15.3. The minimum atomic E-state index is -4.74. The van der Waals surface area contributed by atoms with Crippen molar-refractivity contribution in [1.29, 1.82) is 0 Å². The number of carbonyl (C=O) groups is 1. The zero-order chi connectivity index (χ0) is 22.4. The molecule has 0 radical (unpaired) electrons. The molecular weight excluding hydrogens is 409 g/mol. The highest BCUT2D eigenvalue weighted by Gasteiger charge is 2.31. The van der Waals surface area contributed by atoms with E-state index in [1.54, 1.807) is 37.3 Å². The second-order valence-corrected chi connectivity index (χ2v) is 6.79. The van der Waals surface area contributed by atoms with Crippen LogP contribution in [0.15, 0.2) is 60.7 Å². The molecule has 0 atom stereocenters. The Bertz CT molecular complexity index is 1030. The van der Waals surface area contributed by atoms with Crippen molar-refractivity contribution in [3.8, 4) is 17.2 Å². The van der Waals surface area contributed by atoms with E-state index in [0.29, 0.717) is 28.4 Å². The summed E-state index contributed by atoms with van der Waals surface area (Å²) in [5, 5.41) is 2.81. The zero-order valence-corrected chi connectivity index (χ0v) is 17.0. The van der Waals surface area contributed by atoms with Crippen LogP contribution in [0, 0.1) is 6.92 Å². The lowest BCUT2D eigenvalue weighted by Crippen LogP contribution is -2.16. The van der Waals surface area contributed by atoms with Crippen LogP contribution in [0.2, 0.25) is 0 Å². The third-order valence-electron chi connectivity index (χ3n) is 4.30. The van der Waals surface area contributed by atoms with Gasteiger partial charge in [0.15, 0.2) is 0 Å². The van der Waals surface area contributed by atoms with Crippen molar-refractivity contribution in [3.63, 3.8) is 0 Å². The molecule has 31 heavy (non-hydrogen) atoms. The molecule has 0 unspecified atom stereocenters. The van der Waals surface area contributed by atoms with Gasteiger partial charge in [0, 0.05) is 11.4 Å². The van der Waals surface area contributed by atoms with E-state index < -0.39 is 6.36 Å². The van der Waals surface area contributed by atoms with Crippen LogP contribution >= 0.6 is 0 Å². The van der Waals surface area contributed by atoms with Gasteiger partial charge in [-0.15, -0.1) is 13.2 Å². The lowest BCUT2D eigenvalue weighted by atomic mass is 10.1. The normalized spacial score (nSPS) is 11.1. The van der Waals surface area contributed by atoms with Crippen LogP contribution in [0.5, 0.6) is 17.2 Å². The number of nitrogens with zero attached hydrogens (tertiary/aromatic N) is 1. The Balaban J connectivity index is 1.60. The largest absolute Gasteiger partial charge is 0.573 e. The highest BCUT2D eigenvalue weighted by Crippen LogP contribution is 2.28. The molecule has 0 aliphatic heterocycles. The predicted octanol–water partition coefficient (Wildman–Crippen LogP) is 6.29. The molecule has 0 saturated heterocycles. The summed E-state index contributed by atoms with van der Waals surface area (Å²) in [4.78, 5) is 17.0. The summed E-state index contributed by atoms with van der Waals surface area (Å²) in [5.74, 6) is 0.219. The number of aryl methyl sites for hydroxylation is 2. The van der Waals surface area contributed by atoms with Crippen molar-refractivity contribution < 1.29 is 27.4 Å². The van der Waals surface area contributed by atoms with Gasteiger partial charge in [-0.2, -0.15) is 0 Å². The van der Waals surface area contributed by atoms with E-state index in [4.69, 9.17) is 4.74 Å². The molecule has 1 N–H and O–H groups in total. The zero-order valence-electron chi connectivity index (χ0n) is 17.0. The smallest absolute Gasteiger partial charge is 0.457 e. The molecule has 2 aromatic carbocycles. The fraction of sp³-hybridized carbons (Fsp3) is 0.217. The van der Waals surface area contributed by atoms with Gasteiger partial charge in [-0.25, -0.2) is 0 Å². The van der Waals surface area contributed by atoms with Crippen molar-refractivity contribution in [2.24, 2.45) is 0 Å². The summed E-state index contributed by atoms with van der Waals surface area (Å²) in [7, 11) is 0. The third kappa shape index (κ3) is 6.47. The van der Waals surface area contributed by atoms with Gasteiger partial charge in [-0.05, 0) is 74.0 Å². The molecule has 3 aromatic rings. The lowest BCUT2D eigenvalue weighted by molar-refractivity contribution is -0.274. The highest BCUT2D eigenvalue weighted by atomic mass is 19.4. The Morgan fingerprint density at radius 3 is 2.06 bits per heavy atom. The molecule has 0 aliphatic rings. The first-order chi connectivity index (χ1) is 14.7. The molecule has 0 spiro atoms. The fourth-order valence-corrected chi connectivity index (χ4v) is 2.90. The van der Waals surface area contributed by atoms with Crippen molar-refractivity contribution in [2.75, 3.05) is 5.32 Å². The fourth-order valence-electron chi connectivity index (χ4n) is 2.90. The standard InChI is InChI=1S/C23H21F3N2O3/c1-3-4-16-7-14-21(15(2)27-16)22(29)28-17-5-8-18(9-6-17)30-19-10-12-20(13-11-19)31-23(24,25)26/h5-14H,3-4H2,1-2H3,(H,28,29). The monoisotopic (exact) mass is 430 g/mol. The first-order valence-corrected chi connectivity index (χ1v) is 9.65. The summed E-state index contributed by atoms with van der Waals surface area (Å²) in [6.07, 6.45) is -2.89. The van der Waals surface area contributed by atoms with Crippen LogP contribution in [0.3, 0.4) is 0 Å². The van der Waals surface area contributed by atoms with Crippen LogP contribution in [0.1, 0.15) is 35.1 Å². The molecule has 8 heteroatoms. The van der Waals surface area contributed by atoms with E-state index in [9.17, 15) is 18.0 Å². The Kier molecular flexibility index (Phi) is 6.79. The average Bonchev–Trinajstić information content (AvgIpc) is 2.70. The number of hydrogen-bond donors (Lipinski definition) is 1. The quantitative estimate of drug-likeness (QED) is 0.479. The molecule has 1 heterocycles. The highest BCUT2D eigenvalue weighted by molar-refractivity contribution is 6.05. The summed E-state index contributed by atoms with van der Waals surface area (Å²) in [5.41, 5.74) is 2.70. The molecule has 1 aromatic heterocycles. The Labute approximate surface area is 177 Å². The molecular formula is C23H21F3N2O3. The lowest BCUT2D eigenvalue weighted by Gasteiger charge is -2.11. The van der Waals surface area contributed by atoms with Crippen molar-refractivity contribution >= 4 is 11.6 Å². The van der Waals surface area contributed by atoms with E-state index >= 15 is 0 Å². The molecule has 0 saturated carbocycles. The number of halogens is 3. The van der Waals surface area contributed by atoms with E-state index in [2.05, 4.69) is 22.0 Å². The minimum absolute atomic E-state index is 0.262. The molecule has 1 amide bonds. The van der Waals surface area contributed by atoms with Crippen LogP contribution < -0.4 is 14.8 Å². The number of hydrogen-bond acceptors (Lipinski definition) is 4. The SMILES string of the molecule is CCCc1ccc(C(=O)Nc2ccc(Oc3ccc(OC(F)(F)F)cc3)cc2)c(C)n1. The Morgan fingerprint density at radius 2 is 1.52 bits per heavy atom. The number of alkyl halides is 3. The minimum Gasteiger partial charge on any atom is -0.457 e. The van der Waals surface area contributed by atoms with Gasteiger partial charge in [0.05, 0.1) is 11.3 Å². The molecule has 162 valence electrons. The van der Waals surface area contributed by atoms with Gasteiger partial charge in [0.25, 0.3) is 5.91 Å². The van der Waals surface area contributed by atoms with Crippen molar-refractivity contribution in [1.82, 2.24) is 4.98 Å². The van der Waals surface area contributed by atoms with Gasteiger partial charge in [-0.3, -0.25) is 9.78 Å². The number of aromatic nitrogens is 1. The summed E-state index contributed by atoms with van der Waals surface area (Å²) in [6.45, 7) is 3.87. The van der Waals surface area contributed by atoms with Crippen LogP contribution in [-0.2, 0) is 6.42 Å². The van der Waals surface area contributed by atoms with Crippen LogP contribution in [0.25, 0.3) is 0 Å². The third-order valence-corrected chi connectivity index (χ3v) is 4.30. The topological polar surface area (TPSA) is 60.5 Å². The number of ether oxygens (including phenoxy) is 2. The number of rotatable bonds is 7. The van der Waals surface area contributed by atoms with Crippen molar-refractivity contribution in [2.45, 2.75) is 33.1 Å². The molecule has 5 nitrogen and oxygen atoms in total. The number of nitrogens with one attached hydrogen (secondary N) is 1. The van der Waals surface area contributed by atoms with E-state index in [-0.39, 0.29) is 11.7 Å². The van der Waals surface area contributed by atoms with Gasteiger partial charge in [0.2, 0.25) is 0 Å². The van der Waals surface area contributed by atoms with Gasteiger partial charge in [0.1, 0.15) is 17.2 Å². The first kappa shape index (κ1) is 22.1. The Morgan fingerprint density at radius 1 is 0.935 bits per heavy atom. The summed E-state index contributed by atoms with van der Waals surface area (Å²) >= 11 is 0. The second-order valence-electron chi connectivity index (χ2n) is 6.79. The van der Waals surface area contributed by atoms with Crippen molar-refractivity contribution in [3.05, 3.63) is 77.6 Å². The van der Waals surface area contributed by atoms with E-state index in [1.165, 1.54) is 24.3 Å². The summed E-state index contributed by atoms with van der Waals surface area (Å²) < 4.78 is 46.1. The maximum atomic E-state index is 12.5. The van der Waals surface area contributed by atoms with E-state index in [1.807, 2.05) is 6.07 Å². The Hall–Kier alpha value is -3.55. The van der Waals surface area contributed by atoms with Gasteiger partial charge >= 0.3 is 6.36 Å². The van der Waals surface area contributed by atoms with E-state index in [0.717, 1.165) is 18.5 Å². The van der Waals surface area contributed by atoms with Crippen LogP contribution in [0.4, 0.5) is 18.9 Å². The second kappa shape index (κ2) is 9.51. The number of anilines is 1. The molecule has 0 aliphatic carbocycles. The van der Waals surface area contributed by atoms with Crippen LogP contribution in [-0.4, -0.2) is 17.3 Å². The first-order valence-electron chi connectivity index (χ1n) is 9.65. The number of amides is 1. The number of benzene rings is 2. The van der Waals surface area contributed by atoms with Gasteiger partial charge in [-0.1, -0.05) is 13.3 Å². The average molecular weight is 430 g/mol. The number of pyridine rings is 1. The molecule has 0 fully saturated rings. The van der Waals surface area contributed by atoms with Gasteiger partial charge < -0.3 is 14.8 Å². The number of carbonyl (C=O) groups excluding carboxylic acids is 1. The predicted molar refractivity (Wildman–Crippen MR) is 111 cm³/mol. The molecule has 3 rings (SSSR count). The molecule has 0 bridgehead atoms. The maximum Gasteiger partial charge on any atom is 0.573 e.